The van der Waals surface area contributed by atoms with Crippen LogP contribution in [0.1, 0.15) is 23.1 Å². The van der Waals surface area contributed by atoms with Crippen molar-refractivity contribution in [1.82, 2.24) is 4.90 Å². The van der Waals surface area contributed by atoms with Crippen molar-refractivity contribution in [3.8, 4) is 5.75 Å². The summed E-state index contributed by atoms with van der Waals surface area (Å²) in [6.07, 6.45) is 3.41. The third-order valence-electron chi connectivity index (χ3n) is 5.01. The third-order valence-corrected chi connectivity index (χ3v) is 5.01. The second kappa shape index (κ2) is 8.70. The smallest absolute Gasteiger partial charge is 0.127 e. The Morgan fingerprint density at radius 3 is 2.11 bits per heavy atom. The molecule has 0 fully saturated rings. The predicted octanol–water partition coefficient (Wildman–Crippen LogP) is 5.55. The van der Waals surface area contributed by atoms with E-state index in [1.165, 1.54) is 22.3 Å². The van der Waals surface area contributed by atoms with E-state index < -0.39 is 0 Å². The molecule has 0 saturated carbocycles. The van der Waals surface area contributed by atoms with Gasteiger partial charge in [-0.25, -0.2) is 0 Å². The quantitative estimate of drug-likeness (QED) is 0.574. The molecule has 1 heterocycles. The van der Waals surface area contributed by atoms with E-state index >= 15 is 0 Å². The van der Waals surface area contributed by atoms with Gasteiger partial charge in [-0.05, 0) is 29.2 Å². The Hall–Kier alpha value is -2.84. The average Bonchev–Trinajstić information content (AvgIpc) is 2.75. The number of benzene rings is 3. The molecule has 0 amide bonds. The van der Waals surface area contributed by atoms with Crippen molar-refractivity contribution < 1.29 is 4.74 Å². The summed E-state index contributed by atoms with van der Waals surface area (Å²) < 4.78 is 6.14. The first kappa shape index (κ1) is 17.6. The lowest BCUT2D eigenvalue weighted by Gasteiger charge is -2.27. The summed E-state index contributed by atoms with van der Waals surface area (Å²) in [6.45, 7) is 3.67. The van der Waals surface area contributed by atoms with Crippen LogP contribution in [0.2, 0.25) is 0 Å². The molecule has 4 rings (SSSR count). The van der Waals surface area contributed by atoms with Crippen molar-refractivity contribution >= 4 is 5.57 Å². The molecular weight excluding hydrogens is 330 g/mol. The Morgan fingerprint density at radius 1 is 0.741 bits per heavy atom. The van der Waals surface area contributed by atoms with Gasteiger partial charge in [0.25, 0.3) is 0 Å². The van der Waals surface area contributed by atoms with Crippen LogP contribution >= 0.6 is 0 Å². The molecule has 2 heteroatoms. The summed E-state index contributed by atoms with van der Waals surface area (Å²) in [5.74, 6) is 0.976. The van der Waals surface area contributed by atoms with Crippen LogP contribution < -0.4 is 4.74 Å². The zero-order valence-electron chi connectivity index (χ0n) is 15.6. The monoisotopic (exact) mass is 355 g/mol. The molecule has 0 radical (unpaired) electrons. The van der Waals surface area contributed by atoms with E-state index in [1.54, 1.807) is 0 Å². The number of para-hydroxylation sites is 1. The molecule has 3 aromatic rings. The minimum Gasteiger partial charge on any atom is -0.488 e. The van der Waals surface area contributed by atoms with Crippen molar-refractivity contribution in [1.29, 1.82) is 0 Å². The van der Waals surface area contributed by atoms with Crippen molar-refractivity contribution in [2.45, 2.75) is 19.6 Å². The lowest BCUT2D eigenvalue weighted by molar-refractivity contribution is 0.291. The second-order valence-corrected chi connectivity index (χ2v) is 6.97. The Balaban J connectivity index is 1.43. The lowest BCUT2D eigenvalue weighted by atomic mass is 9.98. The first-order chi connectivity index (χ1) is 13.4. The van der Waals surface area contributed by atoms with Crippen LogP contribution in [-0.4, -0.2) is 18.0 Å². The zero-order chi connectivity index (χ0) is 18.3. The van der Waals surface area contributed by atoms with Crippen LogP contribution in [0.25, 0.3) is 5.57 Å². The summed E-state index contributed by atoms with van der Waals surface area (Å²) in [5, 5.41) is 0. The van der Waals surface area contributed by atoms with Crippen LogP contribution in [0.15, 0.2) is 91.0 Å². The highest BCUT2D eigenvalue weighted by molar-refractivity contribution is 5.71. The fourth-order valence-corrected chi connectivity index (χ4v) is 3.53. The second-order valence-electron chi connectivity index (χ2n) is 6.97. The van der Waals surface area contributed by atoms with E-state index in [0.29, 0.717) is 6.61 Å². The maximum absolute atomic E-state index is 6.14. The van der Waals surface area contributed by atoms with E-state index in [4.69, 9.17) is 4.74 Å². The number of ether oxygens (including phenoxy) is 1. The number of hydrogen-bond donors (Lipinski definition) is 0. The van der Waals surface area contributed by atoms with E-state index in [-0.39, 0.29) is 0 Å². The van der Waals surface area contributed by atoms with E-state index in [0.717, 1.165) is 31.8 Å². The van der Waals surface area contributed by atoms with E-state index in [9.17, 15) is 0 Å². The van der Waals surface area contributed by atoms with Gasteiger partial charge in [0.15, 0.2) is 0 Å². The van der Waals surface area contributed by atoms with Crippen LogP contribution in [0, 0.1) is 0 Å². The first-order valence-electron chi connectivity index (χ1n) is 9.60. The molecule has 136 valence electrons. The van der Waals surface area contributed by atoms with Crippen LogP contribution in [0.4, 0.5) is 0 Å². The Labute approximate surface area is 161 Å². The van der Waals surface area contributed by atoms with Gasteiger partial charge in [0.2, 0.25) is 0 Å². The van der Waals surface area contributed by atoms with Gasteiger partial charge in [-0.2, -0.15) is 0 Å². The number of rotatable bonds is 6. The van der Waals surface area contributed by atoms with Gasteiger partial charge in [0, 0.05) is 25.2 Å². The molecule has 0 unspecified atom stereocenters. The fourth-order valence-electron chi connectivity index (χ4n) is 3.53. The summed E-state index contributed by atoms with van der Waals surface area (Å²) >= 11 is 0. The molecule has 1 aliphatic rings. The minimum atomic E-state index is 0.602. The summed E-state index contributed by atoms with van der Waals surface area (Å²) in [6, 6.07) is 29.4. The Morgan fingerprint density at radius 2 is 1.41 bits per heavy atom. The molecule has 0 spiro atoms. The summed E-state index contributed by atoms with van der Waals surface area (Å²) in [5.41, 5.74) is 5.19. The highest BCUT2D eigenvalue weighted by atomic mass is 16.5. The largest absolute Gasteiger partial charge is 0.488 e. The SMILES string of the molecule is C1=C(c2ccccc2OCc2ccccc2)CCN(Cc2ccccc2)C1. The molecule has 3 aromatic carbocycles. The molecule has 2 nitrogen and oxygen atoms in total. The molecule has 1 aliphatic heterocycles. The molecule has 0 saturated heterocycles. The lowest BCUT2D eigenvalue weighted by Crippen LogP contribution is -2.28. The van der Waals surface area contributed by atoms with Gasteiger partial charge in [0.05, 0.1) is 0 Å². The molecule has 27 heavy (non-hydrogen) atoms. The summed E-state index contributed by atoms with van der Waals surface area (Å²) in [7, 11) is 0. The normalized spacial score (nSPS) is 14.6. The Bertz CT molecular complexity index is 886. The Kier molecular flexibility index (Phi) is 5.66. The van der Waals surface area contributed by atoms with Gasteiger partial charge in [0.1, 0.15) is 12.4 Å². The highest BCUT2D eigenvalue weighted by Gasteiger charge is 2.16. The van der Waals surface area contributed by atoms with E-state index in [1.807, 2.05) is 6.07 Å². The first-order valence-corrected chi connectivity index (χ1v) is 9.60. The molecule has 0 bridgehead atoms. The maximum atomic E-state index is 6.14. The van der Waals surface area contributed by atoms with Gasteiger partial charge in [-0.1, -0.05) is 84.9 Å². The van der Waals surface area contributed by atoms with Crippen LogP contribution in [-0.2, 0) is 13.2 Å². The van der Waals surface area contributed by atoms with Gasteiger partial charge in [-0.3, -0.25) is 4.90 Å². The molecule has 0 N–H and O–H groups in total. The molecule has 0 atom stereocenters. The van der Waals surface area contributed by atoms with Crippen LogP contribution in [0.5, 0.6) is 5.75 Å². The summed E-state index contributed by atoms with van der Waals surface area (Å²) in [4.78, 5) is 2.49. The molecular formula is C25H25NO. The van der Waals surface area contributed by atoms with Crippen molar-refractivity contribution in [3.05, 3.63) is 108 Å². The third kappa shape index (κ3) is 4.66. The highest BCUT2D eigenvalue weighted by Crippen LogP contribution is 2.31. The minimum absolute atomic E-state index is 0.602. The van der Waals surface area contributed by atoms with Crippen LogP contribution in [0.3, 0.4) is 0 Å². The number of nitrogens with zero attached hydrogens (tertiary/aromatic N) is 1. The number of hydrogen-bond acceptors (Lipinski definition) is 2. The molecule has 0 aromatic heterocycles. The maximum Gasteiger partial charge on any atom is 0.127 e. The molecule has 0 aliphatic carbocycles. The van der Waals surface area contributed by atoms with Gasteiger partial charge < -0.3 is 4.74 Å². The van der Waals surface area contributed by atoms with Gasteiger partial charge in [-0.15, -0.1) is 0 Å². The van der Waals surface area contributed by atoms with Gasteiger partial charge >= 0.3 is 0 Å². The van der Waals surface area contributed by atoms with Crippen molar-refractivity contribution in [2.75, 3.05) is 13.1 Å². The fraction of sp³-hybridized carbons (Fsp3) is 0.200. The average molecular weight is 355 g/mol. The topological polar surface area (TPSA) is 12.5 Å². The standard InChI is InChI=1S/C25H25NO/c1-3-9-21(10-4-1)19-26-17-15-23(16-18-26)24-13-7-8-14-25(24)27-20-22-11-5-2-6-12-22/h1-15H,16-20H2. The van der Waals surface area contributed by atoms with Crippen molar-refractivity contribution in [3.63, 3.8) is 0 Å². The zero-order valence-corrected chi connectivity index (χ0v) is 15.6. The van der Waals surface area contributed by atoms with E-state index in [2.05, 4.69) is 89.8 Å². The predicted molar refractivity (Wildman–Crippen MR) is 112 cm³/mol. The van der Waals surface area contributed by atoms with Crippen molar-refractivity contribution in [2.24, 2.45) is 0 Å².